The van der Waals surface area contributed by atoms with E-state index in [1.807, 2.05) is 40.1 Å². The Morgan fingerprint density at radius 1 is 1.03 bits per heavy atom. The molecule has 2 aromatic carbocycles. The molecule has 0 saturated heterocycles. The van der Waals surface area contributed by atoms with E-state index in [9.17, 15) is 9.18 Å². The molecule has 0 aliphatic carbocycles. The van der Waals surface area contributed by atoms with Gasteiger partial charge in [0.1, 0.15) is 10.5 Å². The molecule has 0 aliphatic rings. The molecule has 0 amide bonds. The van der Waals surface area contributed by atoms with E-state index in [-0.39, 0.29) is 11.4 Å². The number of methoxy groups -OCH3 is 2. The van der Waals surface area contributed by atoms with Crippen molar-refractivity contribution in [2.24, 2.45) is 0 Å². The molecule has 10 heteroatoms. The summed E-state index contributed by atoms with van der Waals surface area (Å²) in [5.74, 6) is 2.05. The average Bonchev–Trinajstić information content (AvgIpc) is 3.50. The van der Waals surface area contributed by atoms with E-state index in [1.165, 1.54) is 35.2 Å². The summed E-state index contributed by atoms with van der Waals surface area (Å²) in [4.78, 5) is 13.3. The third-order valence-corrected chi connectivity index (χ3v) is 7.40. The van der Waals surface area contributed by atoms with E-state index in [4.69, 9.17) is 9.47 Å². The van der Waals surface area contributed by atoms with Crippen molar-refractivity contribution in [1.82, 2.24) is 19.2 Å². The van der Waals surface area contributed by atoms with Crippen LogP contribution in [-0.4, -0.2) is 33.4 Å². The van der Waals surface area contributed by atoms with Crippen LogP contribution in [0.5, 0.6) is 11.5 Å². The first kappa shape index (κ1) is 22.4. The molecule has 3 aromatic heterocycles. The highest BCUT2D eigenvalue weighted by molar-refractivity contribution is 7.98. The zero-order chi connectivity index (χ0) is 23.7. The Morgan fingerprint density at radius 3 is 2.68 bits per heavy atom. The first-order chi connectivity index (χ1) is 16.6. The van der Waals surface area contributed by atoms with Crippen LogP contribution in [0.15, 0.2) is 63.9 Å². The topological polar surface area (TPSA) is 70.7 Å². The Kier molecular flexibility index (Phi) is 6.25. The van der Waals surface area contributed by atoms with Gasteiger partial charge in [-0.2, -0.15) is 0 Å². The number of rotatable bonds is 8. The van der Waals surface area contributed by atoms with Crippen molar-refractivity contribution < 1.29 is 13.9 Å². The van der Waals surface area contributed by atoms with E-state index in [2.05, 4.69) is 10.2 Å². The average molecular weight is 497 g/mol. The highest BCUT2D eigenvalue weighted by Crippen LogP contribution is 2.29. The molecule has 0 atom stereocenters. The minimum absolute atomic E-state index is 0.0907. The van der Waals surface area contributed by atoms with Crippen LogP contribution < -0.4 is 15.0 Å². The minimum atomic E-state index is -0.270. The van der Waals surface area contributed by atoms with Gasteiger partial charge in [-0.3, -0.25) is 13.8 Å². The quantitative estimate of drug-likeness (QED) is 0.288. The fourth-order valence-corrected chi connectivity index (χ4v) is 5.55. The fourth-order valence-electron chi connectivity index (χ4n) is 3.85. The van der Waals surface area contributed by atoms with Crippen molar-refractivity contribution in [1.29, 1.82) is 0 Å². The first-order valence-electron chi connectivity index (χ1n) is 10.5. The third-order valence-electron chi connectivity index (χ3n) is 5.51. The standard InChI is InChI=1S/C24H21FN4O3S2/c1-31-19-7-6-15(13-20(19)32-2)8-10-28-22(30)21-18(9-11-33-21)29-23(28)26-27-24(29)34-14-16-4-3-5-17(25)12-16/h3-7,9,11-13H,8,10,14H2,1-2H3. The maximum atomic E-state index is 13.6. The van der Waals surface area contributed by atoms with Gasteiger partial charge >= 0.3 is 0 Å². The minimum Gasteiger partial charge on any atom is -0.493 e. The van der Waals surface area contributed by atoms with Crippen LogP contribution in [-0.2, 0) is 18.7 Å². The lowest BCUT2D eigenvalue weighted by atomic mass is 10.1. The Hall–Kier alpha value is -3.37. The van der Waals surface area contributed by atoms with Gasteiger partial charge in [0, 0.05) is 12.3 Å². The van der Waals surface area contributed by atoms with Crippen molar-refractivity contribution in [2.75, 3.05) is 14.2 Å². The molecule has 0 bridgehead atoms. The smallest absolute Gasteiger partial charge is 0.272 e. The van der Waals surface area contributed by atoms with E-state index in [0.717, 1.165) is 16.6 Å². The summed E-state index contributed by atoms with van der Waals surface area (Å²) in [6.07, 6.45) is 0.603. The molecular formula is C24H21FN4O3S2. The van der Waals surface area contributed by atoms with Crippen LogP contribution in [0.4, 0.5) is 4.39 Å². The second-order valence-corrected chi connectivity index (χ2v) is 9.43. The van der Waals surface area contributed by atoms with Crippen LogP contribution >= 0.6 is 23.1 Å². The highest BCUT2D eigenvalue weighted by atomic mass is 32.2. The Morgan fingerprint density at radius 2 is 1.88 bits per heavy atom. The van der Waals surface area contributed by atoms with Crippen molar-refractivity contribution in [3.05, 3.63) is 81.2 Å². The number of hydrogen-bond acceptors (Lipinski definition) is 7. The molecular weight excluding hydrogens is 475 g/mol. The van der Waals surface area contributed by atoms with Gasteiger partial charge in [-0.05, 0) is 53.3 Å². The van der Waals surface area contributed by atoms with Crippen molar-refractivity contribution >= 4 is 39.1 Å². The predicted octanol–water partition coefficient (Wildman–Crippen LogP) is 4.80. The summed E-state index contributed by atoms with van der Waals surface area (Å²) >= 11 is 2.86. The molecule has 0 fully saturated rings. The number of halogens is 1. The second-order valence-electron chi connectivity index (χ2n) is 7.57. The van der Waals surface area contributed by atoms with E-state index in [1.54, 1.807) is 24.9 Å². The maximum absolute atomic E-state index is 13.6. The molecule has 0 radical (unpaired) electrons. The number of fused-ring (bicyclic) bond motifs is 3. The number of hydrogen-bond donors (Lipinski definition) is 0. The van der Waals surface area contributed by atoms with Crippen LogP contribution in [0.3, 0.4) is 0 Å². The van der Waals surface area contributed by atoms with E-state index in [0.29, 0.717) is 45.9 Å². The molecule has 3 heterocycles. The predicted molar refractivity (Wildman–Crippen MR) is 132 cm³/mol. The molecule has 5 aromatic rings. The Labute approximate surface area is 202 Å². The number of thioether (sulfide) groups is 1. The van der Waals surface area contributed by atoms with Gasteiger partial charge in [-0.15, -0.1) is 21.5 Å². The molecule has 5 rings (SSSR count). The summed E-state index contributed by atoms with van der Waals surface area (Å²) in [7, 11) is 3.19. The molecule has 34 heavy (non-hydrogen) atoms. The van der Waals surface area contributed by atoms with Crippen LogP contribution in [0.1, 0.15) is 11.1 Å². The van der Waals surface area contributed by atoms with Gasteiger partial charge in [0.05, 0.1) is 19.7 Å². The van der Waals surface area contributed by atoms with Gasteiger partial charge in [-0.25, -0.2) is 4.39 Å². The normalized spacial score (nSPS) is 11.4. The van der Waals surface area contributed by atoms with Gasteiger partial charge in [-0.1, -0.05) is 30.0 Å². The number of thiophene rings is 1. The molecule has 174 valence electrons. The fraction of sp³-hybridized carbons (Fsp3) is 0.208. The number of aromatic nitrogens is 4. The van der Waals surface area contributed by atoms with Crippen LogP contribution in [0, 0.1) is 5.82 Å². The largest absolute Gasteiger partial charge is 0.493 e. The molecule has 7 nitrogen and oxygen atoms in total. The third kappa shape index (κ3) is 4.14. The van der Waals surface area contributed by atoms with Crippen molar-refractivity contribution in [3.63, 3.8) is 0 Å². The van der Waals surface area contributed by atoms with Crippen molar-refractivity contribution in [3.8, 4) is 11.5 Å². The first-order valence-corrected chi connectivity index (χ1v) is 12.4. The lowest BCUT2D eigenvalue weighted by Gasteiger charge is -2.11. The lowest BCUT2D eigenvalue weighted by Crippen LogP contribution is -2.23. The maximum Gasteiger partial charge on any atom is 0.272 e. The lowest BCUT2D eigenvalue weighted by molar-refractivity contribution is 0.354. The number of benzene rings is 2. The number of aryl methyl sites for hydroxylation is 2. The molecule has 0 aliphatic heterocycles. The summed E-state index contributed by atoms with van der Waals surface area (Å²) < 4.78 is 28.5. The summed E-state index contributed by atoms with van der Waals surface area (Å²) in [6, 6.07) is 14.1. The molecule has 0 N–H and O–H groups in total. The van der Waals surface area contributed by atoms with Crippen LogP contribution in [0.25, 0.3) is 16.0 Å². The Balaban J connectivity index is 1.49. The number of ether oxygens (including phenoxy) is 2. The SMILES string of the molecule is COc1ccc(CCn2c(=O)c3sccc3n3c(SCc4cccc(F)c4)nnc23)cc1OC. The van der Waals surface area contributed by atoms with Gasteiger partial charge in [0.25, 0.3) is 5.56 Å². The zero-order valence-corrected chi connectivity index (χ0v) is 20.2. The summed E-state index contributed by atoms with van der Waals surface area (Å²) in [6.45, 7) is 0.429. The monoisotopic (exact) mass is 496 g/mol. The highest BCUT2D eigenvalue weighted by Gasteiger charge is 2.18. The second kappa shape index (κ2) is 9.47. The van der Waals surface area contributed by atoms with E-state index >= 15 is 0 Å². The van der Waals surface area contributed by atoms with Gasteiger partial charge in [0.15, 0.2) is 16.7 Å². The molecule has 0 saturated carbocycles. The van der Waals surface area contributed by atoms with Gasteiger partial charge in [0.2, 0.25) is 5.78 Å². The molecule has 0 spiro atoms. The summed E-state index contributed by atoms with van der Waals surface area (Å²) in [5.41, 5.74) is 2.55. The Bertz CT molecular complexity index is 1540. The van der Waals surface area contributed by atoms with Crippen molar-refractivity contribution in [2.45, 2.75) is 23.9 Å². The zero-order valence-electron chi connectivity index (χ0n) is 18.5. The summed E-state index contributed by atoms with van der Waals surface area (Å²) in [5, 5.41) is 11.3. The molecule has 0 unspecified atom stereocenters. The van der Waals surface area contributed by atoms with Crippen LogP contribution in [0.2, 0.25) is 0 Å². The number of nitrogens with zero attached hydrogens (tertiary/aromatic N) is 4. The van der Waals surface area contributed by atoms with E-state index < -0.39 is 0 Å². The van der Waals surface area contributed by atoms with Gasteiger partial charge < -0.3 is 9.47 Å².